The molecule has 0 aromatic carbocycles. The molecule has 1 radical (unpaired) electrons. The van der Waals surface area contributed by atoms with Gasteiger partial charge in [0.1, 0.15) is 0 Å². The van der Waals surface area contributed by atoms with Crippen LogP contribution < -0.4 is 5.32 Å². The average molecular weight is 182 g/mol. The van der Waals surface area contributed by atoms with Crippen molar-refractivity contribution in [3.05, 3.63) is 22.4 Å². The first-order chi connectivity index (χ1) is 5.93. The summed E-state index contributed by atoms with van der Waals surface area (Å²) >= 11 is 1.86. The predicted octanol–water partition coefficient (Wildman–Crippen LogP) is 2.70. The average Bonchev–Trinajstić information content (AvgIpc) is 2.57. The Morgan fingerprint density at radius 1 is 1.33 bits per heavy atom. The lowest BCUT2D eigenvalue weighted by Gasteiger charge is -1.97. The van der Waals surface area contributed by atoms with Gasteiger partial charge in [0.25, 0.3) is 0 Å². The fourth-order valence-corrected chi connectivity index (χ4v) is 1.95. The summed E-state index contributed by atoms with van der Waals surface area (Å²) in [5.74, 6) is 0. The molecule has 1 aromatic heterocycles. The zero-order valence-electron chi connectivity index (χ0n) is 7.62. The largest absolute Gasteiger partial charge is 0.245 e. The first-order valence-electron chi connectivity index (χ1n) is 4.51. The van der Waals surface area contributed by atoms with Crippen molar-refractivity contribution in [3.8, 4) is 0 Å². The van der Waals surface area contributed by atoms with Gasteiger partial charge in [-0.05, 0) is 30.7 Å². The summed E-state index contributed by atoms with van der Waals surface area (Å²) in [6, 6.07) is 4.34. The maximum Gasteiger partial charge on any atom is 0.0130 e. The van der Waals surface area contributed by atoms with Gasteiger partial charge in [-0.1, -0.05) is 12.5 Å². The maximum atomic E-state index is 4.07. The molecule has 2 heteroatoms. The highest BCUT2D eigenvalue weighted by atomic mass is 32.1. The standard InChI is InChI=1S/C10H16NS/c1-11-8-4-2-3-6-10-7-5-9-12-10/h5,7,9H,2-4,6,8H2,1H3. The van der Waals surface area contributed by atoms with E-state index in [1.165, 1.54) is 30.6 Å². The number of hydrogen-bond acceptors (Lipinski definition) is 1. The molecule has 0 unspecified atom stereocenters. The zero-order chi connectivity index (χ0) is 8.65. The molecule has 1 heterocycles. The third kappa shape index (κ3) is 3.88. The number of thiophene rings is 1. The van der Waals surface area contributed by atoms with Crippen molar-refractivity contribution in [1.82, 2.24) is 5.32 Å². The van der Waals surface area contributed by atoms with E-state index in [0.717, 1.165) is 6.54 Å². The lowest BCUT2D eigenvalue weighted by Crippen LogP contribution is -1.98. The highest BCUT2D eigenvalue weighted by Gasteiger charge is 1.93. The van der Waals surface area contributed by atoms with Gasteiger partial charge < -0.3 is 0 Å². The summed E-state index contributed by atoms with van der Waals surface area (Å²) in [7, 11) is 1.89. The van der Waals surface area contributed by atoms with Crippen molar-refractivity contribution in [2.24, 2.45) is 0 Å². The fraction of sp³-hybridized carbons (Fsp3) is 0.600. The van der Waals surface area contributed by atoms with Gasteiger partial charge in [-0.2, -0.15) is 0 Å². The number of rotatable bonds is 6. The van der Waals surface area contributed by atoms with Crippen LogP contribution in [0.5, 0.6) is 0 Å². The Hall–Kier alpha value is -0.340. The van der Waals surface area contributed by atoms with Crippen LogP contribution in [0, 0.1) is 0 Å². The molecule has 0 saturated carbocycles. The van der Waals surface area contributed by atoms with Crippen molar-refractivity contribution in [1.29, 1.82) is 0 Å². The molecule has 0 amide bonds. The van der Waals surface area contributed by atoms with Crippen LogP contribution in [0.4, 0.5) is 0 Å². The second kappa shape index (κ2) is 6.21. The van der Waals surface area contributed by atoms with Crippen molar-refractivity contribution in [2.75, 3.05) is 13.6 Å². The van der Waals surface area contributed by atoms with Crippen LogP contribution >= 0.6 is 11.3 Å². The van der Waals surface area contributed by atoms with E-state index in [-0.39, 0.29) is 0 Å². The number of unbranched alkanes of at least 4 members (excludes halogenated alkanes) is 2. The molecule has 0 N–H and O–H groups in total. The van der Waals surface area contributed by atoms with E-state index < -0.39 is 0 Å². The van der Waals surface area contributed by atoms with E-state index >= 15 is 0 Å². The number of nitrogens with zero attached hydrogens (tertiary/aromatic N) is 1. The van der Waals surface area contributed by atoms with Crippen LogP contribution in [0.3, 0.4) is 0 Å². The van der Waals surface area contributed by atoms with Gasteiger partial charge in [-0.3, -0.25) is 0 Å². The van der Waals surface area contributed by atoms with Gasteiger partial charge in [0, 0.05) is 18.5 Å². The monoisotopic (exact) mass is 182 g/mol. The molecular weight excluding hydrogens is 166 g/mol. The summed E-state index contributed by atoms with van der Waals surface area (Å²) < 4.78 is 0. The Labute approximate surface area is 78.8 Å². The summed E-state index contributed by atoms with van der Waals surface area (Å²) in [6.07, 6.45) is 5.13. The normalized spacial score (nSPS) is 10.4. The Morgan fingerprint density at radius 2 is 2.25 bits per heavy atom. The van der Waals surface area contributed by atoms with Gasteiger partial charge in [0.15, 0.2) is 0 Å². The summed E-state index contributed by atoms with van der Waals surface area (Å²) in [5.41, 5.74) is 0. The summed E-state index contributed by atoms with van der Waals surface area (Å²) in [6.45, 7) is 1.03. The van der Waals surface area contributed by atoms with Crippen molar-refractivity contribution < 1.29 is 0 Å². The molecule has 0 atom stereocenters. The minimum absolute atomic E-state index is 1.03. The van der Waals surface area contributed by atoms with Gasteiger partial charge in [-0.15, -0.1) is 11.3 Å². The minimum Gasteiger partial charge on any atom is -0.245 e. The molecule has 0 bridgehead atoms. The van der Waals surface area contributed by atoms with Gasteiger partial charge in [0.2, 0.25) is 0 Å². The van der Waals surface area contributed by atoms with Gasteiger partial charge >= 0.3 is 0 Å². The number of hydrogen-bond donors (Lipinski definition) is 0. The first-order valence-corrected chi connectivity index (χ1v) is 5.39. The quantitative estimate of drug-likeness (QED) is 0.601. The molecule has 0 aliphatic carbocycles. The van der Waals surface area contributed by atoms with Crippen LogP contribution in [0.1, 0.15) is 24.1 Å². The van der Waals surface area contributed by atoms with Crippen molar-refractivity contribution in [2.45, 2.75) is 25.7 Å². The minimum atomic E-state index is 1.03. The van der Waals surface area contributed by atoms with E-state index in [2.05, 4.69) is 22.8 Å². The lowest BCUT2D eigenvalue weighted by atomic mass is 10.2. The molecule has 67 valence electrons. The zero-order valence-corrected chi connectivity index (χ0v) is 8.44. The molecule has 0 spiro atoms. The van der Waals surface area contributed by atoms with E-state index in [9.17, 15) is 0 Å². The smallest absolute Gasteiger partial charge is 0.0130 e. The Kier molecular flexibility index (Phi) is 5.04. The Morgan fingerprint density at radius 3 is 2.92 bits per heavy atom. The summed E-state index contributed by atoms with van der Waals surface area (Å²) in [5, 5.41) is 6.22. The van der Waals surface area contributed by atoms with E-state index in [1.54, 1.807) is 0 Å². The fourth-order valence-electron chi connectivity index (χ4n) is 1.20. The van der Waals surface area contributed by atoms with Crippen LogP contribution in [-0.2, 0) is 6.42 Å². The Bertz CT molecular complexity index is 182. The second-order valence-corrected chi connectivity index (χ2v) is 3.96. The molecule has 1 nitrogen and oxygen atoms in total. The van der Waals surface area contributed by atoms with Crippen LogP contribution in [0.25, 0.3) is 0 Å². The molecular formula is C10H16NS. The molecule has 0 aliphatic heterocycles. The van der Waals surface area contributed by atoms with E-state index in [0.29, 0.717) is 0 Å². The number of aryl methyl sites for hydroxylation is 1. The Balaban J connectivity index is 1.96. The first kappa shape index (κ1) is 9.75. The summed E-state index contributed by atoms with van der Waals surface area (Å²) in [4.78, 5) is 1.52. The molecule has 12 heavy (non-hydrogen) atoms. The molecule has 1 rings (SSSR count). The molecule has 0 saturated heterocycles. The van der Waals surface area contributed by atoms with Crippen molar-refractivity contribution in [3.63, 3.8) is 0 Å². The lowest BCUT2D eigenvalue weighted by molar-refractivity contribution is 0.639. The molecule has 0 fully saturated rings. The second-order valence-electron chi connectivity index (χ2n) is 2.93. The third-order valence-corrected chi connectivity index (χ3v) is 2.82. The van der Waals surface area contributed by atoms with Crippen LogP contribution in [0.2, 0.25) is 0 Å². The van der Waals surface area contributed by atoms with Crippen LogP contribution in [0.15, 0.2) is 17.5 Å². The SMILES string of the molecule is C[N]CCCCCc1cccs1. The van der Waals surface area contributed by atoms with Gasteiger partial charge in [0.05, 0.1) is 0 Å². The van der Waals surface area contributed by atoms with E-state index in [4.69, 9.17) is 0 Å². The van der Waals surface area contributed by atoms with E-state index in [1.807, 2.05) is 18.4 Å². The van der Waals surface area contributed by atoms with Crippen LogP contribution in [-0.4, -0.2) is 13.6 Å². The highest BCUT2D eigenvalue weighted by molar-refractivity contribution is 7.09. The third-order valence-electron chi connectivity index (χ3n) is 1.88. The maximum absolute atomic E-state index is 4.07. The predicted molar refractivity (Wildman–Crippen MR) is 54.8 cm³/mol. The van der Waals surface area contributed by atoms with Gasteiger partial charge in [-0.25, -0.2) is 5.32 Å². The van der Waals surface area contributed by atoms with Crippen molar-refractivity contribution >= 4 is 11.3 Å². The molecule has 0 aliphatic rings. The topological polar surface area (TPSA) is 14.1 Å². The molecule has 1 aromatic rings. The highest BCUT2D eigenvalue weighted by Crippen LogP contribution is 2.12.